The van der Waals surface area contributed by atoms with Gasteiger partial charge in [0.15, 0.2) is 5.69 Å². The molecule has 21 heavy (non-hydrogen) atoms. The zero-order chi connectivity index (χ0) is 15.4. The Kier molecular flexibility index (Phi) is 4.98. The van der Waals surface area contributed by atoms with Crippen LogP contribution >= 0.6 is 11.6 Å². The molecule has 1 aromatic carbocycles. The van der Waals surface area contributed by atoms with E-state index in [1.54, 1.807) is 24.0 Å². The van der Waals surface area contributed by atoms with E-state index >= 15 is 0 Å². The summed E-state index contributed by atoms with van der Waals surface area (Å²) in [5.74, 6) is -0.204. The second kappa shape index (κ2) is 6.74. The van der Waals surface area contributed by atoms with Crippen LogP contribution in [0.2, 0.25) is 5.02 Å². The highest BCUT2D eigenvalue weighted by molar-refractivity contribution is 6.30. The Morgan fingerprint density at radius 3 is 2.81 bits per heavy atom. The van der Waals surface area contributed by atoms with Crippen LogP contribution in [0.25, 0.3) is 5.69 Å². The number of hydrogen-bond acceptors (Lipinski definition) is 3. The van der Waals surface area contributed by atoms with Crippen LogP contribution in [0.3, 0.4) is 0 Å². The zero-order valence-electron chi connectivity index (χ0n) is 12.4. The van der Waals surface area contributed by atoms with Crippen LogP contribution in [-0.2, 0) is 6.54 Å². The maximum absolute atomic E-state index is 11.6. The standard InChI is InChI=1S/C15H19ClN4O/c1-10(2)18-9-11-8-12(16)4-5-14(11)20-7-6-13(19-20)15(21)17-3/h4-8,10,18H,9H2,1-3H3,(H,17,21). The van der Waals surface area contributed by atoms with E-state index in [9.17, 15) is 4.79 Å². The number of amides is 1. The Labute approximate surface area is 129 Å². The Balaban J connectivity index is 2.34. The van der Waals surface area contributed by atoms with Gasteiger partial charge < -0.3 is 10.6 Å². The Morgan fingerprint density at radius 2 is 2.14 bits per heavy atom. The molecule has 2 rings (SSSR count). The molecule has 5 nitrogen and oxygen atoms in total. The van der Waals surface area contributed by atoms with Crippen LogP contribution in [0.4, 0.5) is 0 Å². The molecule has 0 aliphatic carbocycles. The lowest BCUT2D eigenvalue weighted by Gasteiger charge is -2.13. The molecule has 2 aromatic rings. The van der Waals surface area contributed by atoms with Gasteiger partial charge in [0, 0.05) is 30.9 Å². The van der Waals surface area contributed by atoms with Crippen molar-refractivity contribution in [2.24, 2.45) is 0 Å². The van der Waals surface area contributed by atoms with Gasteiger partial charge in [-0.05, 0) is 29.8 Å². The normalized spacial score (nSPS) is 10.9. The molecule has 0 unspecified atom stereocenters. The first-order valence-electron chi connectivity index (χ1n) is 6.81. The fourth-order valence-corrected chi connectivity index (χ4v) is 2.14. The number of aromatic nitrogens is 2. The van der Waals surface area contributed by atoms with Gasteiger partial charge in [-0.15, -0.1) is 0 Å². The highest BCUT2D eigenvalue weighted by Crippen LogP contribution is 2.20. The average molecular weight is 307 g/mol. The van der Waals surface area contributed by atoms with Crippen molar-refractivity contribution >= 4 is 17.5 Å². The molecule has 2 N–H and O–H groups in total. The SMILES string of the molecule is CNC(=O)c1ccn(-c2ccc(Cl)cc2CNC(C)C)n1. The van der Waals surface area contributed by atoms with Crippen molar-refractivity contribution in [2.75, 3.05) is 7.05 Å². The average Bonchev–Trinajstić information content (AvgIpc) is 2.94. The van der Waals surface area contributed by atoms with Crippen molar-refractivity contribution in [2.45, 2.75) is 26.4 Å². The second-order valence-electron chi connectivity index (χ2n) is 5.03. The topological polar surface area (TPSA) is 59.0 Å². The van der Waals surface area contributed by atoms with Gasteiger partial charge in [-0.25, -0.2) is 4.68 Å². The minimum absolute atomic E-state index is 0.204. The number of rotatable bonds is 5. The van der Waals surface area contributed by atoms with Gasteiger partial charge in [-0.3, -0.25) is 4.79 Å². The molecule has 0 fully saturated rings. The van der Waals surface area contributed by atoms with Crippen molar-refractivity contribution < 1.29 is 4.79 Å². The molecule has 0 aliphatic rings. The quantitative estimate of drug-likeness (QED) is 0.891. The molecular weight excluding hydrogens is 288 g/mol. The number of halogens is 1. The van der Waals surface area contributed by atoms with E-state index < -0.39 is 0 Å². The molecule has 0 spiro atoms. The first-order chi connectivity index (χ1) is 10.0. The van der Waals surface area contributed by atoms with Crippen molar-refractivity contribution in [3.63, 3.8) is 0 Å². The summed E-state index contributed by atoms with van der Waals surface area (Å²) in [5, 5.41) is 10.9. The number of hydrogen-bond donors (Lipinski definition) is 2. The Morgan fingerprint density at radius 1 is 1.38 bits per heavy atom. The maximum atomic E-state index is 11.6. The van der Waals surface area contributed by atoms with E-state index in [0.29, 0.717) is 23.3 Å². The molecule has 0 radical (unpaired) electrons. The summed E-state index contributed by atoms with van der Waals surface area (Å²) in [5.41, 5.74) is 2.32. The molecule has 112 valence electrons. The largest absolute Gasteiger partial charge is 0.354 e. The molecule has 0 atom stereocenters. The van der Waals surface area contributed by atoms with Crippen molar-refractivity contribution in [1.82, 2.24) is 20.4 Å². The minimum Gasteiger partial charge on any atom is -0.354 e. The number of carbonyl (C=O) groups excluding carboxylic acids is 1. The van der Waals surface area contributed by atoms with Gasteiger partial charge in [0.05, 0.1) is 5.69 Å². The van der Waals surface area contributed by atoms with E-state index in [2.05, 4.69) is 29.6 Å². The molecule has 0 bridgehead atoms. The molecule has 0 saturated carbocycles. The smallest absolute Gasteiger partial charge is 0.271 e. The highest BCUT2D eigenvalue weighted by Gasteiger charge is 2.11. The second-order valence-corrected chi connectivity index (χ2v) is 5.47. The first-order valence-corrected chi connectivity index (χ1v) is 7.19. The maximum Gasteiger partial charge on any atom is 0.271 e. The molecule has 1 aromatic heterocycles. The van der Waals surface area contributed by atoms with Gasteiger partial charge in [-0.1, -0.05) is 25.4 Å². The fraction of sp³-hybridized carbons (Fsp3) is 0.333. The number of nitrogens with zero attached hydrogens (tertiary/aromatic N) is 2. The summed E-state index contributed by atoms with van der Waals surface area (Å²) in [6.45, 7) is 4.85. The number of carbonyl (C=O) groups is 1. The molecule has 0 saturated heterocycles. The van der Waals surface area contributed by atoms with Crippen molar-refractivity contribution in [3.8, 4) is 5.69 Å². The van der Waals surface area contributed by atoms with E-state index in [1.807, 2.05) is 18.2 Å². The first kappa shape index (κ1) is 15.5. The highest BCUT2D eigenvalue weighted by atomic mass is 35.5. The van der Waals surface area contributed by atoms with E-state index in [4.69, 9.17) is 11.6 Å². The lowest BCUT2D eigenvalue weighted by Crippen LogP contribution is -2.23. The lowest BCUT2D eigenvalue weighted by atomic mass is 10.1. The molecule has 6 heteroatoms. The summed E-state index contributed by atoms with van der Waals surface area (Å²) in [4.78, 5) is 11.6. The summed E-state index contributed by atoms with van der Waals surface area (Å²) < 4.78 is 1.69. The monoisotopic (exact) mass is 306 g/mol. The third-order valence-corrected chi connectivity index (χ3v) is 3.27. The van der Waals surface area contributed by atoms with Crippen LogP contribution in [0.15, 0.2) is 30.5 Å². The van der Waals surface area contributed by atoms with Crippen LogP contribution < -0.4 is 10.6 Å². The van der Waals surface area contributed by atoms with Crippen LogP contribution in [0.5, 0.6) is 0 Å². The van der Waals surface area contributed by atoms with Crippen molar-refractivity contribution in [3.05, 3.63) is 46.7 Å². The summed E-state index contributed by atoms with van der Waals surface area (Å²) in [6, 6.07) is 7.69. The van der Waals surface area contributed by atoms with Crippen LogP contribution in [-0.4, -0.2) is 28.8 Å². The third-order valence-electron chi connectivity index (χ3n) is 3.04. The molecule has 1 heterocycles. The minimum atomic E-state index is -0.204. The van der Waals surface area contributed by atoms with Gasteiger partial charge >= 0.3 is 0 Å². The molecule has 1 amide bonds. The van der Waals surface area contributed by atoms with E-state index in [-0.39, 0.29) is 5.91 Å². The zero-order valence-corrected chi connectivity index (χ0v) is 13.1. The van der Waals surface area contributed by atoms with E-state index in [0.717, 1.165) is 11.3 Å². The van der Waals surface area contributed by atoms with E-state index in [1.165, 1.54) is 0 Å². The lowest BCUT2D eigenvalue weighted by molar-refractivity contribution is 0.0957. The van der Waals surface area contributed by atoms with Gasteiger partial charge in [0.25, 0.3) is 5.91 Å². The Hall–Kier alpha value is -1.85. The number of benzene rings is 1. The molecule has 0 aliphatic heterocycles. The van der Waals surface area contributed by atoms with Crippen LogP contribution in [0, 0.1) is 0 Å². The summed E-state index contributed by atoms with van der Waals surface area (Å²) >= 11 is 6.08. The molecular formula is C15H19ClN4O. The fourth-order valence-electron chi connectivity index (χ4n) is 1.94. The number of nitrogens with one attached hydrogen (secondary N) is 2. The Bertz CT molecular complexity index is 636. The van der Waals surface area contributed by atoms with Gasteiger partial charge in [0.1, 0.15) is 0 Å². The summed E-state index contributed by atoms with van der Waals surface area (Å²) in [6.07, 6.45) is 1.77. The van der Waals surface area contributed by atoms with Gasteiger partial charge in [0.2, 0.25) is 0 Å². The van der Waals surface area contributed by atoms with Crippen LogP contribution in [0.1, 0.15) is 29.9 Å². The van der Waals surface area contributed by atoms with Gasteiger partial charge in [-0.2, -0.15) is 5.10 Å². The predicted octanol–water partition coefficient (Wildman–Crippen LogP) is 2.38. The predicted molar refractivity (Wildman–Crippen MR) is 83.9 cm³/mol. The summed E-state index contributed by atoms with van der Waals surface area (Å²) in [7, 11) is 1.58. The van der Waals surface area contributed by atoms with Crippen molar-refractivity contribution in [1.29, 1.82) is 0 Å². The third kappa shape index (κ3) is 3.83.